The number of hydrogen-bond donors (Lipinski definition) is 0. The number of unbranched alkanes of at least 4 members (excludes halogenated alkanes) is 6. The summed E-state index contributed by atoms with van der Waals surface area (Å²) in [6.07, 6.45) is 17.5. The third-order valence-corrected chi connectivity index (χ3v) is 3.29. The Morgan fingerprint density at radius 3 is 2.28 bits per heavy atom. The number of nitrogens with zero attached hydrogens (tertiary/aromatic N) is 2. The Balaban J connectivity index is 0.00000289. The van der Waals surface area contributed by atoms with Gasteiger partial charge in [0.05, 0.1) is 13.1 Å². The van der Waals surface area contributed by atoms with Gasteiger partial charge >= 0.3 is 0 Å². The molecule has 0 fully saturated rings. The Hall–Kier alpha value is -0.500. The van der Waals surface area contributed by atoms with Gasteiger partial charge in [0.25, 0.3) is 0 Å². The van der Waals surface area contributed by atoms with E-state index in [1.807, 2.05) is 0 Å². The summed E-state index contributed by atoms with van der Waals surface area (Å²) in [6, 6.07) is 0. The minimum atomic E-state index is 0. The van der Waals surface area contributed by atoms with E-state index < -0.39 is 0 Å². The fourth-order valence-electron chi connectivity index (χ4n) is 2.12. The molecule has 0 aromatic carbocycles. The van der Waals surface area contributed by atoms with Crippen LogP contribution >= 0.6 is 0 Å². The van der Waals surface area contributed by atoms with E-state index in [1.165, 1.54) is 64.5 Å². The highest BCUT2D eigenvalue weighted by atomic mass is 35.5. The maximum atomic E-state index is 2.33. The molecular weight excluding hydrogens is 244 g/mol. The molecule has 18 heavy (non-hydrogen) atoms. The molecule has 2 nitrogen and oxygen atoms in total. The van der Waals surface area contributed by atoms with Gasteiger partial charge in [-0.25, -0.2) is 9.13 Å². The lowest BCUT2D eigenvalue weighted by Gasteiger charge is -1.98. The van der Waals surface area contributed by atoms with Crippen molar-refractivity contribution >= 4 is 0 Å². The van der Waals surface area contributed by atoms with E-state index in [0.29, 0.717) is 0 Å². The van der Waals surface area contributed by atoms with E-state index in [2.05, 4.69) is 41.7 Å². The molecule has 1 aromatic heterocycles. The molecule has 0 aliphatic carbocycles. The van der Waals surface area contributed by atoms with E-state index in [4.69, 9.17) is 0 Å². The van der Waals surface area contributed by atoms with Crippen LogP contribution in [0.5, 0.6) is 0 Å². The predicted octanol–water partition coefficient (Wildman–Crippen LogP) is 0.940. The largest absolute Gasteiger partial charge is 1.00 e. The first-order valence-corrected chi connectivity index (χ1v) is 7.41. The topological polar surface area (TPSA) is 8.81 Å². The molecule has 1 aromatic rings. The van der Waals surface area contributed by atoms with Crippen LogP contribution in [0.1, 0.15) is 65.2 Å². The van der Waals surface area contributed by atoms with Crippen molar-refractivity contribution in [2.75, 3.05) is 0 Å². The molecule has 3 heteroatoms. The molecule has 0 unspecified atom stereocenters. The fraction of sp³-hybridized carbons (Fsp3) is 0.800. The number of rotatable bonds is 10. The van der Waals surface area contributed by atoms with Crippen molar-refractivity contribution in [3.63, 3.8) is 0 Å². The number of aryl methyl sites for hydroxylation is 2. The second-order valence-electron chi connectivity index (χ2n) is 5.01. The van der Waals surface area contributed by atoms with Crippen molar-refractivity contribution in [2.24, 2.45) is 0 Å². The van der Waals surface area contributed by atoms with Crippen molar-refractivity contribution in [1.82, 2.24) is 4.57 Å². The summed E-state index contributed by atoms with van der Waals surface area (Å²) >= 11 is 0. The minimum Gasteiger partial charge on any atom is -1.00 e. The Morgan fingerprint density at radius 2 is 1.56 bits per heavy atom. The Bertz CT molecular complexity index is 284. The van der Waals surface area contributed by atoms with Gasteiger partial charge in [-0.3, -0.25) is 0 Å². The number of aromatic nitrogens is 2. The standard InChI is InChI=1S/C15H29N2.ClH/c1-3-5-7-8-9-10-12-17-14-13-16(15-17)11-6-4-2;/h13-15H,3-12H2,1-2H3;1H/q+1;/p-1. The van der Waals surface area contributed by atoms with Crippen molar-refractivity contribution in [1.29, 1.82) is 0 Å². The quantitative estimate of drug-likeness (QED) is 0.443. The third-order valence-electron chi connectivity index (χ3n) is 3.29. The predicted molar refractivity (Wildman–Crippen MR) is 72.9 cm³/mol. The van der Waals surface area contributed by atoms with Crippen LogP contribution in [0.4, 0.5) is 0 Å². The Morgan fingerprint density at radius 1 is 0.889 bits per heavy atom. The lowest BCUT2D eigenvalue weighted by Crippen LogP contribution is -3.00. The first-order chi connectivity index (χ1) is 8.36. The van der Waals surface area contributed by atoms with Gasteiger partial charge in [0.2, 0.25) is 6.33 Å². The van der Waals surface area contributed by atoms with Crippen molar-refractivity contribution < 1.29 is 17.0 Å². The first-order valence-electron chi connectivity index (χ1n) is 7.41. The Kier molecular flexibility index (Phi) is 11.3. The summed E-state index contributed by atoms with van der Waals surface area (Å²) in [4.78, 5) is 0. The zero-order chi connectivity index (χ0) is 12.3. The third kappa shape index (κ3) is 7.75. The summed E-state index contributed by atoms with van der Waals surface area (Å²) in [5.41, 5.74) is 0. The second kappa shape index (κ2) is 11.6. The summed E-state index contributed by atoms with van der Waals surface area (Å²) in [6.45, 7) is 6.87. The van der Waals surface area contributed by atoms with Gasteiger partial charge < -0.3 is 12.4 Å². The van der Waals surface area contributed by atoms with Crippen LogP contribution in [0.3, 0.4) is 0 Å². The molecule has 1 rings (SSSR count). The summed E-state index contributed by atoms with van der Waals surface area (Å²) < 4.78 is 4.63. The average molecular weight is 273 g/mol. The van der Waals surface area contributed by atoms with Crippen LogP contribution in [-0.2, 0) is 13.1 Å². The van der Waals surface area contributed by atoms with Gasteiger partial charge in [-0.05, 0) is 19.3 Å². The molecule has 0 N–H and O–H groups in total. The second-order valence-corrected chi connectivity index (χ2v) is 5.01. The maximum absolute atomic E-state index is 2.33. The van der Waals surface area contributed by atoms with E-state index in [1.54, 1.807) is 0 Å². The van der Waals surface area contributed by atoms with Gasteiger partial charge in [-0.15, -0.1) is 0 Å². The van der Waals surface area contributed by atoms with E-state index >= 15 is 0 Å². The van der Waals surface area contributed by atoms with Crippen LogP contribution in [-0.4, -0.2) is 4.57 Å². The average Bonchev–Trinajstić information content (AvgIpc) is 2.79. The molecule has 0 saturated carbocycles. The molecule has 0 aliphatic rings. The number of halogens is 1. The van der Waals surface area contributed by atoms with Crippen molar-refractivity contribution in [2.45, 2.75) is 78.3 Å². The summed E-state index contributed by atoms with van der Waals surface area (Å²) in [7, 11) is 0. The van der Waals surface area contributed by atoms with Crippen LogP contribution in [0.15, 0.2) is 18.7 Å². The van der Waals surface area contributed by atoms with E-state index in [0.717, 1.165) is 0 Å². The van der Waals surface area contributed by atoms with Gasteiger partial charge in [0.1, 0.15) is 12.4 Å². The first kappa shape index (κ1) is 17.5. The molecule has 0 amide bonds. The van der Waals surface area contributed by atoms with Gasteiger partial charge in [0, 0.05) is 0 Å². The number of hydrogen-bond acceptors (Lipinski definition) is 0. The highest BCUT2D eigenvalue weighted by molar-refractivity contribution is 4.66. The minimum absolute atomic E-state index is 0. The SMILES string of the molecule is CCCCCCCCn1cc[n+](CCCC)c1.[Cl-]. The molecule has 106 valence electrons. The molecule has 0 bridgehead atoms. The molecular formula is C15H29ClN2. The normalized spacial score (nSPS) is 10.3. The molecule has 0 atom stereocenters. The van der Waals surface area contributed by atoms with Gasteiger partial charge in [-0.1, -0.05) is 46.0 Å². The summed E-state index contributed by atoms with van der Waals surface area (Å²) in [5.74, 6) is 0. The van der Waals surface area contributed by atoms with E-state index in [-0.39, 0.29) is 12.4 Å². The smallest absolute Gasteiger partial charge is 0.243 e. The monoisotopic (exact) mass is 272 g/mol. The number of imidazole rings is 1. The molecule has 1 heterocycles. The molecule has 0 aliphatic heterocycles. The fourth-order valence-corrected chi connectivity index (χ4v) is 2.12. The molecule has 0 saturated heterocycles. The van der Waals surface area contributed by atoms with Crippen molar-refractivity contribution in [3.05, 3.63) is 18.7 Å². The maximum Gasteiger partial charge on any atom is 0.243 e. The highest BCUT2D eigenvalue weighted by Gasteiger charge is 2.02. The van der Waals surface area contributed by atoms with Gasteiger partial charge in [0.15, 0.2) is 0 Å². The van der Waals surface area contributed by atoms with Crippen molar-refractivity contribution in [3.8, 4) is 0 Å². The van der Waals surface area contributed by atoms with Crippen LogP contribution in [0, 0.1) is 0 Å². The molecule has 0 spiro atoms. The highest BCUT2D eigenvalue weighted by Crippen LogP contribution is 2.05. The Labute approximate surface area is 119 Å². The molecule has 0 radical (unpaired) electrons. The van der Waals surface area contributed by atoms with Crippen LogP contribution in [0.25, 0.3) is 0 Å². The van der Waals surface area contributed by atoms with Crippen LogP contribution < -0.4 is 17.0 Å². The van der Waals surface area contributed by atoms with Crippen LogP contribution in [0.2, 0.25) is 0 Å². The lowest BCUT2D eigenvalue weighted by atomic mass is 10.1. The zero-order valence-corrected chi connectivity index (χ0v) is 12.8. The summed E-state index contributed by atoms with van der Waals surface area (Å²) in [5, 5.41) is 0. The van der Waals surface area contributed by atoms with Gasteiger partial charge in [-0.2, -0.15) is 0 Å². The lowest BCUT2D eigenvalue weighted by molar-refractivity contribution is -0.696. The van der Waals surface area contributed by atoms with E-state index in [9.17, 15) is 0 Å². The zero-order valence-electron chi connectivity index (χ0n) is 12.1.